The molecule has 0 atom stereocenters. The first kappa shape index (κ1) is 18.5. The Bertz CT molecular complexity index is 624. The summed E-state index contributed by atoms with van der Waals surface area (Å²) in [5.74, 6) is 1.96. The van der Waals surface area contributed by atoms with Gasteiger partial charge >= 0.3 is 0 Å². The quantitative estimate of drug-likeness (QED) is 0.473. The largest absolute Gasteiger partial charge is 0.244 e. The predicted molar refractivity (Wildman–Crippen MR) is 108 cm³/mol. The monoisotopic (exact) mass is 355 g/mol. The van der Waals surface area contributed by atoms with Crippen LogP contribution in [0.5, 0.6) is 0 Å². The second kappa shape index (κ2) is 9.38. The van der Waals surface area contributed by atoms with Crippen molar-refractivity contribution >= 4 is 11.6 Å². The van der Waals surface area contributed by atoms with Gasteiger partial charge in [0.1, 0.15) is 5.15 Å². The summed E-state index contributed by atoms with van der Waals surface area (Å²) in [6, 6.07) is 12.8. The van der Waals surface area contributed by atoms with Crippen LogP contribution < -0.4 is 0 Å². The molecule has 1 aliphatic rings. The van der Waals surface area contributed by atoms with E-state index in [0.717, 1.165) is 17.4 Å². The van der Waals surface area contributed by atoms with Crippen molar-refractivity contribution in [2.75, 3.05) is 0 Å². The molecule has 1 aromatic carbocycles. The maximum absolute atomic E-state index is 5.86. The summed E-state index contributed by atoms with van der Waals surface area (Å²) in [6.45, 7) is 2.31. The summed E-state index contributed by atoms with van der Waals surface area (Å²) in [6.07, 6.45) is 14.5. The number of hydrogen-bond donors (Lipinski definition) is 0. The molecule has 1 aromatic heterocycles. The van der Waals surface area contributed by atoms with Gasteiger partial charge in [-0.25, -0.2) is 4.98 Å². The van der Waals surface area contributed by atoms with Gasteiger partial charge in [-0.1, -0.05) is 87.7 Å². The number of hydrogen-bond acceptors (Lipinski definition) is 1. The van der Waals surface area contributed by atoms with Crippen LogP contribution >= 0.6 is 11.6 Å². The average molecular weight is 356 g/mol. The zero-order valence-corrected chi connectivity index (χ0v) is 16.1. The first-order chi connectivity index (χ1) is 12.2. The van der Waals surface area contributed by atoms with Gasteiger partial charge in [0.05, 0.1) is 0 Å². The smallest absolute Gasteiger partial charge is 0.129 e. The van der Waals surface area contributed by atoms with Crippen molar-refractivity contribution in [2.24, 2.45) is 11.8 Å². The molecule has 0 radical (unpaired) electrons. The Morgan fingerprint density at radius 1 is 0.880 bits per heavy atom. The van der Waals surface area contributed by atoms with Crippen molar-refractivity contribution in [3.8, 4) is 11.1 Å². The molecule has 0 saturated heterocycles. The molecule has 2 heteroatoms. The van der Waals surface area contributed by atoms with Crippen LogP contribution in [0.1, 0.15) is 63.9 Å². The van der Waals surface area contributed by atoms with Crippen LogP contribution in [0.2, 0.25) is 5.15 Å². The highest BCUT2D eigenvalue weighted by atomic mass is 35.5. The van der Waals surface area contributed by atoms with Crippen molar-refractivity contribution < 1.29 is 0 Å². The van der Waals surface area contributed by atoms with Crippen LogP contribution in [0.3, 0.4) is 0 Å². The van der Waals surface area contributed by atoms with Crippen molar-refractivity contribution in [1.29, 1.82) is 0 Å². The normalized spacial score (nSPS) is 20.6. The molecule has 0 aliphatic heterocycles. The Morgan fingerprint density at radius 3 is 2.12 bits per heavy atom. The average Bonchev–Trinajstić information content (AvgIpc) is 2.67. The number of aromatic nitrogens is 1. The van der Waals surface area contributed by atoms with Crippen LogP contribution in [0, 0.1) is 11.8 Å². The summed E-state index contributed by atoms with van der Waals surface area (Å²) in [5.41, 5.74) is 3.80. The van der Waals surface area contributed by atoms with Crippen LogP contribution in [0.4, 0.5) is 0 Å². The maximum atomic E-state index is 5.86. The number of halogens is 1. The molecule has 1 fully saturated rings. The fourth-order valence-electron chi connectivity index (χ4n) is 4.08. The minimum Gasteiger partial charge on any atom is -0.244 e. The van der Waals surface area contributed by atoms with Crippen LogP contribution in [0.25, 0.3) is 11.1 Å². The highest BCUT2D eigenvalue weighted by Crippen LogP contribution is 2.34. The Kier molecular flexibility index (Phi) is 6.93. The molecule has 25 heavy (non-hydrogen) atoms. The summed E-state index contributed by atoms with van der Waals surface area (Å²) in [7, 11) is 0. The highest BCUT2D eigenvalue weighted by Gasteiger charge is 2.20. The lowest BCUT2D eigenvalue weighted by atomic mass is 9.78. The van der Waals surface area contributed by atoms with Gasteiger partial charge in [-0.2, -0.15) is 0 Å². The zero-order chi connectivity index (χ0) is 17.5. The summed E-state index contributed by atoms with van der Waals surface area (Å²) < 4.78 is 0. The molecule has 0 amide bonds. The molecular weight excluding hydrogens is 326 g/mol. The van der Waals surface area contributed by atoms with Crippen molar-refractivity contribution in [1.82, 2.24) is 4.98 Å². The SMILES string of the molecule is CCCCC1CCC(CCc2ccc(-c3ccc(Cl)nc3)cc2)CC1. The molecule has 3 rings (SSSR count). The second-order valence-corrected chi connectivity index (χ2v) is 8.02. The Balaban J connectivity index is 1.45. The van der Waals surface area contributed by atoms with Crippen molar-refractivity contribution in [2.45, 2.75) is 64.7 Å². The van der Waals surface area contributed by atoms with Gasteiger partial charge in [-0.15, -0.1) is 0 Å². The second-order valence-electron chi connectivity index (χ2n) is 7.63. The third kappa shape index (κ3) is 5.57. The van der Waals surface area contributed by atoms with Crippen LogP contribution in [0.15, 0.2) is 42.6 Å². The van der Waals surface area contributed by atoms with Gasteiger partial charge < -0.3 is 0 Å². The summed E-state index contributed by atoms with van der Waals surface area (Å²) >= 11 is 5.86. The van der Waals surface area contributed by atoms with E-state index in [0.29, 0.717) is 5.15 Å². The molecule has 2 aromatic rings. The molecule has 0 N–H and O–H groups in total. The Hall–Kier alpha value is -1.34. The molecular formula is C23H30ClN. The van der Waals surface area contributed by atoms with E-state index in [1.807, 2.05) is 18.3 Å². The van der Waals surface area contributed by atoms with Gasteiger partial charge in [0.25, 0.3) is 0 Å². The van der Waals surface area contributed by atoms with E-state index in [1.165, 1.54) is 68.9 Å². The number of nitrogens with zero attached hydrogens (tertiary/aromatic N) is 1. The molecule has 0 spiro atoms. The van der Waals surface area contributed by atoms with Crippen molar-refractivity contribution in [3.63, 3.8) is 0 Å². The molecule has 1 nitrogen and oxygen atoms in total. The topological polar surface area (TPSA) is 12.9 Å². The van der Waals surface area contributed by atoms with Gasteiger partial charge in [0.15, 0.2) is 0 Å². The van der Waals surface area contributed by atoms with E-state index < -0.39 is 0 Å². The fraction of sp³-hybridized carbons (Fsp3) is 0.522. The van der Waals surface area contributed by atoms with Crippen molar-refractivity contribution in [3.05, 3.63) is 53.3 Å². The molecule has 1 aliphatic carbocycles. The van der Waals surface area contributed by atoms with Gasteiger partial charge in [-0.3, -0.25) is 0 Å². The predicted octanol–water partition coefficient (Wildman–Crippen LogP) is 7.33. The number of benzene rings is 1. The minimum atomic E-state index is 0.546. The summed E-state index contributed by atoms with van der Waals surface area (Å²) in [5, 5.41) is 0.546. The first-order valence-electron chi connectivity index (χ1n) is 9.95. The number of rotatable bonds is 7. The lowest BCUT2D eigenvalue weighted by Gasteiger charge is -2.28. The number of unbranched alkanes of at least 4 members (excludes halogenated alkanes) is 1. The van der Waals surface area contributed by atoms with Gasteiger partial charge in [0.2, 0.25) is 0 Å². The van der Waals surface area contributed by atoms with Crippen LogP contribution in [-0.4, -0.2) is 4.98 Å². The molecule has 134 valence electrons. The Morgan fingerprint density at radius 2 is 1.52 bits per heavy atom. The van der Waals surface area contributed by atoms with Gasteiger partial charge in [0, 0.05) is 11.8 Å². The third-order valence-corrected chi connectivity index (χ3v) is 6.01. The molecule has 1 saturated carbocycles. The maximum Gasteiger partial charge on any atom is 0.129 e. The van der Waals surface area contributed by atoms with E-state index >= 15 is 0 Å². The standard InChI is InChI=1S/C23H30ClN/c1-2-3-4-18-5-7-19(8-6-18)9-10-20-11-13-21(14-12-20)22-15-16-23(24)25-17-22/h11-19H,2-10H2,1H3. The zero-order valence-electron chi connectivity index (χ0n) is 15.4. The third-order valence-electron chi connectivity index (χ3n) is 5.79. The van der Waals surface area contributed by atoms with E-state index in [4.69, 9.17) is 11.6 Å². The molecule has 0 bridgehead atoms. The summed E-state index contributed by atoms with van der Waals surface area (Å²) in [4.78, 5) is 4.17. The highest BCUT2D eigenvalue weighted by molar-refractivity contribution is 6.29. The van der Waals surface area contributed by atoms with Gasteiger partial charge in [-0.05, 0) is 47.9 Å². The van der Waals surface area contributed by atoms with E-state index in [1.54, 1.807) is 0 Å². The Labute approximate surface area is 157 Å². The van der Waals surface area contributed by atoms with E-state index in [-0.39, 0.29) is 0 Å². The van der Waals surface area contributed by atoms with Crippen LogP contribution in [-0.2, 0) is 6.42 Å². The fourth-order valence-corrected chi connectivity index (χ4v) is 4.19. The van der Waals surface area contributed by atoms with E-state index in [9.17, 15) is 0 Å². The lowest BCUT2D eigenvalue weighted by Crippen LogP contribution is -2.15. The number of aryl methyl sites for hydroxylation is 1. The molecule has 0 unspecified atom stereocenters. The first-order valence-corrected chi connectivity index (χ1v) is 10.3. The molecule has 1 heterocycles. The lowest BCUT2D eigenvalue weighted by molar-refractivity contribution is 0.250. The van der Waals surface area contributed by atoms with E-state index in [2.05, 4.69) is 36.2 Å². The minimum absolute atomic E-state index is 0.546. The number of pyridine rings is 1.